The molecule has 0 saturated carbocycles. The summed E-state index contributed by atoms with van der Waals surface area (Å²) in [6, 6.07) is 2.43. The summed E-state index contributed by atoms with van der Waals surface area (Å²) < 4.78 is 37.5. The zero-order chi connectivity index (χ0) is 11.6. The lowest BCUT2D eigenvalue weighted by atomic mass is 10.0. The number of rotatable bonds is 3. The van der Waals surface area contributed by atoms with Gasteiger partial charge in [0, 0.05) is 0 Å². The number of halogens is 3. The van der Waals surface area contributed by atoms with E-state index >= 15 is 0 Å². The first-order chi connectivity index (χ1) is 6.93. The fourth-order valence-electron chi connectivity index (χ4n) is 1.21. The molecule has 0 saturated heterocycles. The Morgan fingerprint density at radius 3 is 2.33 bits per heavy atom. The highest BCUT2D eigenvalue weighted by atomic mass is 19.3. The third kappa shape index (κ3) is 2.70. The fraction of sp³-hybridized carbons (Fsp3) is 0.400. The molecule has 0 fully saturated rings. The van der Waals surface area contributed by atoms with Gasteiger partial charge >= 0.3 is 0 Å². The molecule has 2 nitrogen and oxygen atoms in total. The molecule has 84 valence electrons. The van der Waals surface area contributed by atoms with Crippen molar-refractivity contribution >= 4 is 0 Å². The molecule has 5 heteroatoms. The van der Waals surface area contributed by atoms with Crippen LogP contribution in [0.2, 0.25) is 0 Å². The Bertz CT molecular complexity index is 341. The van der Waals surface area contributed by atoms with Gasteiger partial charge < -0.3 is 10.8 Å². The van der Waals surface area contributed by atoms with Gasteiger partial charge in [0.05, 0.1) is 17.7 Å². The summed E-state index contributed by atoms with van der Waals surface area (Å²) in [7, 11) is 0. The predicted octanol–water partition coefficient (Wildman–Crippen LogP) is 2.14. The molecule has 0 bridgehead atoms. The van der Waals surface area contributed by atoms with Crippen LogP contribution in [0.25, 0.3) is 0 Å². The number of benzene rings is 1. The van der Waals surface area contributed by atoms with E-state index in [2.05, 4.69) is 0 Å². The van der Waals surface area contributed by atoms with E-state index in [0.29, 0.717) is 5.56 Å². The average Bonchev–Trinajstić information content (AvgIpc) is 2.15. The highest BCUT2D eigenvalue weighted by Gasteiger charge is 2.17. The van der Waals surface area contributed by atoms with Crippen LogP contribution in [-0.4, -0.2) is 11.2 Å². The SMILES string of the molecule is CC(O)C(N)c1ccc(C(F)F)c(F)c1. The van der Waals surface area contributed by atoms with Gasteiger partial charge in [0.15, 0.2) is 0 Å². The molecule has 3 N–H and O–H groups in total. The fourth-order valence-corrected chi connectivity index (χ4v) is 1.21. The van der Waals surface area contributed by atoms with Crippen LogP contribution in [0, 0.1) is 5.82 Å². The summed E-state index contributed by atoms with van der Waals surface area (Å²) in [5.41, 5.74) is 5.17. The molecular formula is C10H12F3NO. The average molecular weight is 219 g/mol. The molecule has 0 spiro atoms. The molecule has 2 unspecified atom stereocenters. The number of aliphatic hydroxyl groups excluding tert-OH is 1. The lowest BCUT2D eigenvalue weighted by molar-refractivity contribution is 0.146. The second kappa shape index (κ2) is 4.63. The Balaban J connectivity index is 3.01. The van der Waals surface area contributed by atoms with Gasteiger partial charge in [-0.1, -0.05) is 12.1 Å². The summed E-state index contributed by atoms with van der Waals surface area (Å²) in [5, 5.41) is 9.15. The van der Waals surface area contributed by atoms with E-state index in [1.807, 2.05) is 0 Å². The van der Waals surface area contributed by atoms with Crippen molar-refractivity contribution < 1.29 is 18.3 Å². The van der Waals surface area contributed by atoms with Crippen LogP contribution in [0.4, 0.5) is 13.2 Å². The van der Waals surface area contributed by atoms with Crippen LogP contribution >= 0.6 is 0 Å². The lowest BCUT2D eigenvalue weighted by Crippen LogP contribution is -2.23. The first kappa shape index (κ1) is 12.0. The quantitative estimate of drug-likeness (QED) is 0.818. The van der Waals surface area contributed by atoms with Crippen molar-refractivity contribution in [1.29, 1.82) is 0 Å². The highest BCUT2D eigenvalue weighted by molar-refractivity contribution is 5.27. The summed E-state index contributed by atoms with van der Waals surface area (Å²) >= 11 is 0. The van der Waals surface area contributed by atoms with E-state index in [4.69, 9.17) is 10.8 Å². The molecule has 1 aromatic carbocycles. The van der Waals surface area contributed by atoms with E-state index in [-0.39, 0.29) is 0 Å². The molecular weight excluding hydrogens is 207 g/mol. The van der Waals surface area contributed by atoms with Gasteiger partial charge in [0.25, 0.3) is 6.43 Å². The van der Waals surface area contributed by atoms with Gasteiger partial charge in [0.1, 0.15) is 5.82 Å². The van der Waals surface area contributed by atoms with Crippen molar-refractivity contribution in [3.63, 3.8) is 0 Å². The maximum absolute atomic E-state index is 13.1. The molecule has 0 aromatic heterocycles. The molecule has 2 atom stereocenters. The number of hydrogen-bond acceptors (Lipinski definition) is 2. The molecule has 0 heterocycles. The van der Waals surface area contributed by atoms with E-state index in [1.54, 1.807) is 0 Å². The monoisotopic (exact) mass is 219 g/mol. The van der Waals surface area contributed by atoms with Crippen LogP contribution in [-0.2, 0) is 0 Å². The van der Waals surface area contributed by atoms with Crippen molar-refractivity contribution in [2.24, 2.45) is 5.73 Å². The standard InChI is InChI=1S/C10H12F3NO/c1-5(15)9(14)6-2-3-7(10(12)13)8(11)4-6/h2-5,9-10,15H,14H2,1H3. The molecule has 0 aliphatic heterocycles. The zero-order valence-electron chi connectivity index (χ0n) is 8.12. The summed E-state index contributed by atoms with van der Waals surface area (Å²) in [6.07, 6.45) is -3.70. The third-order valence-corrected chi connectivity index (χ3v) is 2.16. The Kier molecular flexibility index (Phi) is 3.71. The van der Waals surface area contributed by atoms with Gasteiger partial charge in [-0.25, -0.2) is 13.2 Å². The summed E-state index contributed by atoms with van der Waals surface area (Å²) in [6.45, 7) is 1.45. The van der Waals surface area contributed by atoms with Crippen LogP contribution in [0.5, 0.6) is 0 Å². The summed E-state index contributed by atoms with van der Waals surface area (Å²) in [5.74, 6) is -1.00. The van der Waals surface area contributed by atoms with E-state index in [9.17, 15) is 13.2 Å². The maximum Gasteiger partial charge on any atom is 0.266 e. The molecule has 0 radical (unpaired) electrons. The minimum Gasteiger partial charge on any atom is -0.391 e. The Morgan fingerprint density at radius 2 is 1.93 bits per heavy atom. The number of alkyl halides is 2. The number of nitrogens with two attached hydrogens (primary N) is 1. The van der Waals surface area contributed by atoms with E-state index in [1.165, 1.54) is 13.0 Å². The lowest BCUT2D eigenvalue weighted by Gasteiger charge is -2.15. The Hall–Kier alpha value is -1.07. The highest BCUT2D eigenvalue weighted by Crippen LogP contribution is 2.25. The second-order valence-electron chi connectivity index (χ2n) is 3.35. The van der Waals surface area contributed by atoms with Crippen molar-refractivity contribution in [2.75, 3.05) is 0 Å². The van der Waals surface area contributed by atoms with Gasteiger partial charge in [-0.2, -0.15) is 0 Å². The van der Waals surface area contributed by atoms with Crippen molar-refractivity contribution in [2.45, 2.75) is 25.5 Å². The van der Waals surface area contributed by atoms with E-state index in [0.717, 1.165) is 12.1 Å². The van der Waals surface area contributed by atoms with Gasteiger partial charge in [0.2, 0.25) is 0 Å². The van der Waals surface area contributed by atoms with Gasteiger partial charge in [-0.05, 0) is 18.6 Å². The minimum absolute atomic E-state index is 0.298. The normalized spacial score (nSPS) is 15.4. The topological polar surface area (TPSA) is 46.2 Å². The van der Waals surface area contributed by atoms with Crippen LogP contribution < -0.4 is 5.73 Å². The molecule has 0 aliphatic carbocycles. The molecule has 0 amide bonds. The first-order valence-corrected chi connectivity index (χ1v) is 4.44. The zero-order valence-corrected chi connectivity index (χ0v) is 8.12. The van der Waals surface area contributed by atoms with Gasteiger partial charge in [-0.15, -0.1) is 0 Å². The third-order valence-electron chi connectivity index (χ3n) is 2.16. The van der Waals surface area contributed by atoms with Crippen LogP contribution in [0.1, 0.15) is 30.5 Å². The Labute approximate surface area is 85.5 Å². The van der Waals surface area contributed by atoms with Crippen molar-refractivity contribution in [3.8, 4) is 0 Å². The van der Waals surface area contributed by atoms with E-state index < -0.39 is 30.0 Å². The predicted molar refractivity (Wildman–Crippen MR) is 50.0 cm³/mol. The molecule has 1 aromatic rings. The minimum atomic E-state index is -2.85. The van der Waals surface area contributed by atoms with Crippen molar-refractivity contribution in [1.82, 2.24) is 0 Å². The molecule has 15 heavy (non-hydrogen) atoms. The van der Waals surface area contributed by atoms with Gasteiger partial charge in [-0.3, -0.25) is 0 Å². The van der Waals surface area contributed by atoms with Crippen molar-refractivity contribution in [3.05, 3.63) is 35.1 Å². The van der Waals surface area contributed by atoms with Crippen LogP contribution in [0.3, 0.4) is 0 Å². The first-order valence-electron chi connectivity index (χ1n) is 4.44. The molecule has 1 rings (SSSR count). The Morgan fingerprint density at radius 1 is 1.33 bits per heavy atom. The molecule has 0 aliphatic rings. The smallest absolute Gasteiger partial charge is 0.266 e. The number of hydrogen-bond donors (Lipinski definition) is 2. The maximum atomic E-state index is 13.1. The second-order valence-corrected chi connectivity index (χ2v) is 3.35. The number of aliphatic hydroxyl groups is 1. The largest absolute Gasteiger partial charge is 0.391 e. The summed E-state index contributed by atoms with van der Waals surface area (Å²) in [4.78, 5) is 0. The van der Waals surface area contributed by atoms with Crippen LogP contribution in [0.15, 0.2) is 18.2 Å².